The molecule has 0 amide bonds. The van der Waals surface area contributed by atoms with Crippen molar-refractivity contribution in [2.45, 2.75) is 25.0 Å². The van der Waals surface area contributed by atoms with Crippen LogP contribution in [0.25, 0.3) is 0 Å². The summed E-state index contributed by atoms with van der Waals surface area (Å²) in [5.41, 5.74) is 0.156. The Bertz CT molecular complexity index is 408. The lowest BCUT2D eigenvalue weighted by molar-refractivity contribution is -0.0617. The summed E-state index contributed by atoms with van der Waals surface area (Å²) in [5.74, 6) is -0.265. The number of benzene rings is 1. The Morgan fingerprint density at radius 2 is 2.11 bits per heavy atom. The van der Waals surface area contributed by atoms with Crippen LogP contribution in [-0.4, -0.2) is 30.5 Å². The Labute approximate surface area is 114 Å². The van der Waals surface area contributed by atoms with E-state index in [0.29, 0.717) is 43.6 Å². The summed E-state index contributed by atoms with van der Waals surface area (Å²) < 4.78 is 19.0. The van der Waals surface area contributed by atoms with Gasteiger partial charge in [0.25, 0.3) is 0 Å². The minimum atomic E-state index is -0.696. The molecule has 0 spiro atoms. The molecule has 0 atom stereocenters. The molecule has 0 bridgehead atoms. The number of ether oxygens (including phenoxy) is 1. The fourth-order valence-electron chi connectivity index (χ4n) is 2.04. The van der Waals surface area contributed by atoms with Gasteiger partial charge in [-0.05, 0) is 27.6 Å². The molecule has 0 aliphatic carbocycles. The van der Waals surface area contributed by atoms with Crippen molar-refractivity contribution < 1.29 is 14.2 Å². The fraction of sp³-hybridized carbons (Fsp3) is 0.538. The molecule has 1 aliphatic rings. The van der Waals surface area contributed by atoms with Crippen molar-refractivity contribution >= 4 is 15.9 Å². The molecule has 0 radical (unpaired) electrons. The number of rotatable bonds is 4. The maximum atomic E-state index is 13.3. The van der Waals surface area contributed by atoms with Gasteiger partial charge in [0.2, 0.25) is 0 Å². The van der Waals surface area contributed by atoms with Crippen LogP contribution in [0.15, 0.2) is 22.7 Å². The van der Waals surface area contributed by atoms with E-state index >= 15 is 0 Å². The lowest BCUT2D eigenvalue weighted by Crippen LogP contribution is -2.44. The Morgan fingerprint density at radius 1 is 1.39 bits per heavy atom. The second-order valence-corrected chi connectivity index (χ2v) is 5.45. The minimum absolute atomic E-state index is 0.265. The van der Waals surface area contributed by atoms with Crippen molar-refractivity contribution in [3.8, 4) is 0 Å². The molecule has 1 saturated heterocycles. The third-order valence-corrected chi connectivity index (χ3v) is 4.11. The first-order valence-electron chi connectivity index (χ1n) is 6.04. The largest absolute Gasteiger partial charge is 0.388 e. The summed E-state index contributed by atoms with van der Waals surface area (Å²) in [4.78, 5) is 0. The molecule has 2 N–H and O–H groups in total. The number of hydrogen-bond acceptors (Lipinski definition) is 3. The highest BCUT2D eigenvalue weighted by Gasteiger charge is 2.29. The Balaban J connectivity index is 1.86. The summed E-state index contributed by atoms with van der Waals surface area (Å²) >= 11 is 3.22. The highest BCUT2D eigenvalue weighted by Crippen LogP contribution is 2.22. The predicted octanol–water partition coefficient (Wildman–Crippen LogP) is 2.22. The van der Waals surface area contributed by atoms with E-state index in [1.807, 2.05) is 6.07 Å². The number of nitrogens with one attached hydrogen (secondary N) is 1. The SMILES string of the molecule is OC1(CNCc2cccc(F)c2Br)CCOCC1. The average Bonchev–Trinajstić information content (AvgIpc) is 2.35. The van der Waals surface area contributed by atoms with Gasteiger partial charge in [0.15, 0.2) is 0 Å². The van der Waals surface area contributed by atoms with Crippen molar-refractivity contribution in [2.75, 3.05) is 19.8 Å². The van der Waals surface area contributed by atoms with Gasteiger partial charge in [-0.25, -0.2) is 4.39 Å². The first-order valence-corrected chi connectivity index (χ1v) is 6.84. The standard InChI is InChI=1S/C13H17BrFNO2/c14-12-10(2-1-3-11(12)15)8-16-9-13(17)4-6-18-7-5-13/h1-3,16-17H,4-9H2. The van der Waals surface area contributed by atoms with Gasteiger partial charge in [-0.1, -0.05) is 12.1 Å². The minimum Gasteiger partial charge on any atom is -0.388 e. The van der Waals surface area contributed by atoms with E-state index in [9.17, 15) is 9.50 Å². The molecule has 18 heavy (non-hydrogen) atoms. The monoisotopic (exact) mass is 317 g/mol. The van der Waals surface area contributed by atoms with Crippen LogP contribution in [0.4, 0.5) is 4.39 Å². The van der Waals surface area contributed by atoms with Crippen LogP contribution in [-0.2, 0) is 11.3 Å². The zero-order valence-electron chi connectivity index (χ0n) is 10.1. The zero-order valence-corrected chi connectivity index (χ0v) is 11.7. The number of aliphatic hydroxyl groups is 1. The molecule has 3 nitrogen and oxygen atoms in total. The number of hydrogen-bond donors (Lipinski definition) is 2. The van der Waals surface area contributed by atoms with Gasteiger partial charge in [-0.2, -0.15) is 0 Å². The van der Waals surface area contributed by atoms with E-state index in [1.165, 1.54) is 6.07 Å². The van der Waals surface area contributed by atoms with E-state index in [1.54, 1.807) is 6.07 Å². The highest BCUT2D eigenvalue weighted by molar-refractivity contribution is 9.10. The third kappa shape index (κ3) is 3.51. The van der Waals surface area contributed by atoms with Gasteiger partial charge in [0.1, 0.15) is 5.82 Å². The van der Waals surface area contributed by atoms with Crippen molar-refractivity contribution in [1.29, 1.82) is 0 Å². The topological polar surface area (TPSA) is 41.5 Å². The molecule has 0 saturated carbocycles. The maximum Gasteiger partial charge on any atom is 0.137 e. The first kappa shape index (κ1) is 13.9. The summed E-state index contributed by atoms with van der Waals surface area (Å²) in [5, 5.41) is 13.4. The van der Waals surface area contributed by atoms with Crippen molar-refractivity contribution in [3.05, 3.63) is 34.1 Å². The molecule has 1 aromatic rings. The first-order chi connectivity index (χ1) is 8.61. The molecule has 5 heteroatoms. The molecule has 1 fully saturated rings. The second-order valence-electron chi connectivity index (χ2n) is 4.65. The van der Waals surface area contributed by atoms with Crippen LogP contribution < -0.4 is 5.32 Å². The van der Waals surface area contributed by atoms with E-state index < -0.39 is 5.60 Å². The quantitative estimate of drug-likeness (QED) is 0.894. The molecule has 1 aromatic carbocycles. The molecule has 1 aliphatic heterocycles. The van der Waals surface area contributed by atoms with Crippen LogP contribution in [0.2, 0.25) is 0 Å². The van der Waals surface area contributed by atoms with Gasteiger partial charge in [-0.3, -0.25) is 0 Å². The second kappa shape index (κ2) is 6.10. The van der Waals surface area contributed by atoms with Crippen molar-refractivity contribution in [2.24, 2.45) is 0 Å². The van der Waals surface area contributed by atoms with Crippen molar-refractivity contribution in [1.82, 2.24) is 5.32 Å². The summed E-state index contributed by atoms with van der Waals surface area (Å²) in [6.07, 6.45) is 1.29. The lowest BCUT2D eigenvalue weighted by Gasteiger charge is -2.32. The van der Waals surface area contributed by atoms with Gasteiger partial charge < -0.3 is 15.2 Å². The van der Waals surface area contributed by atoms with Crippen LogP contribution in [0, 0.1) is 5.82 Å². The smallest absolute Gasteiger partial charge is 0.137 e. The van der Waals surface area contributed by atoms with E-state index in [-0.39, 0.29) is 5.82 Å². The van der Waals surface area contributed by atoms with Crippen molar-refractivity contribution in [3.63, 3.8) is 0 Å². The van der Waals surface area contributed by atoms with Crippen LogP contribution in [0.3, 0.4) is 0 Å². The maximum absolute atomic E-state index is 13.3. The van der Waals surface area contributed by atoms with E-state index in [2.05, 4.69) is 21.2 Å². The summed E-state index contributed by atoms with van der Waals surface area (Å²) in [6.45, 7) is 2.23. The van der Waals surface area contributed by atoms with E-state index in [4.69, 9.17) is 4.74 Å². The average molecular weight is 318 g/mol. The molecular weight excluding hydrogens is 301 g/mol. The molecule has 100 valence electrons. The Hall–Kier alpha value is -0.490. The molecule has 0 unspecified atom stereocenters. The molecule has 2 rings (SSSR count). The van der Waals surface area contributed by atoms with Crippen LogP contribution >= 0.6 is 15.9 Å². The molecule has 0 aromatic heterocycles. The van der Waals surface area contributed by atoms with Crippen LogP contribution in [0.5, 0.6) is 0 Å². The number of halogens is 2. The fourth-order valence-corrected chi connectivity index (χ4v) is 2.45. The van der Waals surface area contributed by atoms with Gasteiger partial charge >= 0.3 is 0 Å². The Kier molecular flexibility index (Phi) is 4.72. The predicted molar refractivity (Wildman–Crippen MR) is 70.8 cm³/mol. The molecular formula is C13H17BrFNO2. The van der Waals surface area contributed by atoms with Crippen LogP contribution in [0.1, 0.15) is 18.4 Å². The summed E-state index contributed by atoms with van der Waals surface area (Å²) in [7, 11) is 0. The molecule has 1 heterocycles. The lowest BCUT2D eigenvalue weighted by atomic mass is 9.94. The van der Waals surface area contributed by atoms with Gasteiger partial charge in [0.05, 0.1) is 10.1 Å². The Morgan fingerprint density at radius 3 is 2.83 bits per heavy atom. The highest BCUT2D eigenvalue weighted by atomic mass is 79.9. The normalized spacial score (nSPS) is 18.8. The van der Waals surface area contributed by atoms with E-state index in [0.717, 1.165) is 5.56 Å². The van der Waals surface area contributed by atoms with Gasteiger partial charge in [-0.15, -0.1) is 0 Å². The summed E-state index contributed by atoms with van der Waals surface area (Å²) in [6, 6.07) is 4.95. The van der Waals surface area contributed by atoms with Gasteiger partial charge in [0, 0.05) is 39.1 Å². The third-order valence-electron chi connectivity index (χ3n) is 3.22. The zero-order chi connectivity index (χ0) is 13.0.